The maximum absolute atomic E-state index is 10.7. The summed E-state index contributed by atoms with van der Waals surface area (Å²) in [4.78, 5) is 10.7. The van der Waals surface area contributed by atoms with E-state index < -0.39 is 8.80 Å². The number of rotatable bonds is 15. The fourth-order valence-corrected chi connectivity index (χ4v) is 5.57. The van der Waals surface area contributed by atoms with Gasteiger partial charge in [0.2, 0.25) is 0 Å². The molecule has 1 atom stereocenters. The van der Waals surface area contributed by atoms with Crippen molar-refractivity contribution in [2.45, 2.75) is 78.0 Å². The van der Waals surface area contributed by atoms with Crippen LogP contribution in [0.2, 0.25) is 6.04 Å². The van der Waals surface area contributed by atoms with Gasteiger partial charge in [0.1, 0.15) is 0 Å². The first kappa shape index (κ1) is 22.9. The molecule has 23 heavy (non-hydrogen) atoms. The molecule has 1 unspecified atom stereocenters. The van der Waals surface area contributed by atoms with Crippen LogP contribution in [0.5, 0.6) is 0 Å². The molecule has 0 aromatic heterocycles. The Morgan fingerprint density at radius 2 is 1.48 bits per heavy atom. The third kappa shape index (κ3) is 12.0. The van der Waals surface area contributed by atoms with Crippen molar-refractivity contribution in [3.63, 3.8) is 0 Å². The van der Waals surface area contributed by atoms with Gasteiger partial charge >= 0.3 is 14.8 Å². The summed E-state index contributed by atoms with van der Waals surface area (Å²) in [5, 5.41) is 0.350. The van der Waals surface area contributed by atoms with E-state index in [0.29, 0.717) is 25.1 Å². The number of carbonyl (C=O) groups is 1. The minimum atomic E-state index is -2.46. The first-order chi connectivity index (χ1) is 11.0. The zero-order chi connectivity index (χ0) is 17.6. The molecule has 0 aromatic carbocycles. The standard InChI is InChI=1S/C16H34O5SSi/c1-6-18-23(19-7-2,20-8-3)14-12-10-9-11-13-15(4)22-21-16(5)17/h15H,6-14H2,1-5H3. The monoisotopic (exact) mass is 366 g/mol. The summed E-state index contributed by atoms with van der Waals surface area (Å²) in [5.74, 6) is -0.231. The van der Waals surface area contributed by atoms with Crippen LogP contribution in [0.15, 0.2) is 0 Å². The van der Waals surface area contributed by atoms with Crippen LogP contribution >= 0.6 is 12.0 Å². The smallest absolute Gasteiger partial charge is 0.391 e. The molecule has 0 rings (SSSR count). The Balaban J connectivity index is 3.90. The normalized spacial score (nSPS) is 13.1. The zero-order valence-corrected chi connectivity index (χ0v) is 17.2. The highest BCUT2D eigenvalue weighted by molar-refractivity contribution is 7.95. The summed E-state index contributed by atoms with van der Waals surface area (Å²) in [6.45, 7) is 11.4. The first-order valence-electron chi connectivity index (χ1n) is 8.75. The van der Waals surface area contributed by atoms with Crippen molar-refractivity contribution < 1.29 is 22.3 Å². The van der Waals surface area contributed by atoms with Crippen LogP contribution in [0, 0.1) is 0 Å². The molecule has 5 nitrogen and oxygen atoms in total. The molecule has 0 amide bonds. The number of unbranched alkanes of at least 4 members (excludes halogenated alkanes) is 3. The molecule has 0 saturated carbocycles. The maximum Gasteiger partial charge on any atom is 0.500 e. The van der Waals surface area contributed by atoms with E-state index in [0.717, 1.165) is 31.7 Å². The Bertz CT molecular complexity index is 287. The number of carbonyl (C=O) groups excluding carboxylic acids is 1. The van der Waals surface area contributed by atoms with Crippen molar-refractivity contribution in [1.82, 2.24) is 0 Å². The molecule has 0 fully saturated rings. The van der Waals surface area contributed by atoms with Crippen LogP contribution in [-0.2, 0) is 22.3 Å². The van der Waals surface area contributed by atoms with Gasteiger partial charge in [0.25, 0.3) is 0 Å². The van der Waals surface area contributed by atoms with E-state index in [1.807, 2.05) is 20.8 Å². The molecule has 0 aliphatic rings. The molecular formula is C16H34O5SSi. The first-order valence-corrected chi connectivity index (χ1v) is 11.5. The van der Waals surface area contributed by atoms with Crippen molar-refractivity contribution in [3.8, 4) is 0 Å². The Labute approximate surface area is 147 Å². The maximum atomic E-state index is 10.7. The second kappa shape index (κ2) is 14.3. The minimum absolute atomic E-state index is 0.231. The molecule has 0 N–H and O–H groups in total. The van der Waals surface area contributed by atoms with Crippen LogP contribution in [0.1, 0.15) is 66.7 Å². The van der Waals surface area contributed by atoms with Gasteiger partial charge in [-0.2, -0.15) is 0 Å². The largest absolute Gasteiger partial charge is 0.500 e. The average Bonchev–Trinajstić information content (AvgIpc) is 2.49. The molecule has 0 aliphatic heterocycles. The van der Waals surface area contributed by atoms with Crippen LogP contribution in [0.3, 0.4) is 0 Å². The molecule has 0 radical (unpaired) electrons. The molecule has 0 aromatic rings. The minimum Gasteiger partial charge on any atom is -0.391 e. The van der Waals surface area contributed by atoms with E-state index in [-0.39, 0.29) is 5.97 Å². The third-order valence-corrected chi connectivity index (χ3v) is 7.31. The Morgan fingerprint density at radius 3 is 1.96 bits per heavy atom. The summed E-state index contributed by atoms with van der Waals surface area (Å²) in [5.41, 5.74) is 0. The molecular weight excluding hydrogens is 332 g/mol. The fourth-order valence-electron chi connectivity index (χ4n) is 2.33. The summed E-state index contributed by atoms with van der Waals surface area (Å²) in [6.07, 6.45) is 5.58. The third-order valence-electron chi connectivity index (χ3n) is 3.27. The molecule has 0 bridgehead atoms. The van der Waals surface area contributed by atoms with E-state index in [1.54, 1.807) is 0 Å². The van der Waals surface area contributed by atoms with Crippen molar-refractivity contribution in [2.24, 2.45) is 0 Å². The predicted molar refractivity (Wildman–Crippen MR) is 97.3 cm³/mol. The van der Waals surface area contributed by atoms with Gasteiger partial charge in [0, 0.05) is 38.0 Å². The van der Waals surface area contributed by atoms with Gasteiger partial charge < -0.3 is 17.5 Å². The lowest BCUT2D eigenvalue weighted by Gasteiger charge is -2.28. The van der Waals surface area contributed by atoms with Gasteiger partial charge in [-0.15, -0.1) is 0 Å². The van der Waals surface area contributed by atoms with E-state index in [2.05, 4.69) is 6.92 Å². The average molecular weight is 367 g/mol. The van der Waals surface area contributed by atoms with Gasteiger partial charge in [0.05, 0.1) is 12.0 Å². The molecule has 7 heteroatoms. The molecule has 0 spiro atoms. The van der Waals surface area contributed by atoms with Crippen LogP contribution in [-0.4, -0.2) is 39.8 Å². The van der Waals surface area contributed by atoms with Crippen LogP contribution in [0.25, 0.3) is 0 Å². The van der Waals surface area contributed by atoms with E-state index >= 15 is 0 Å². The van der Waals surface area contributed by atoms with Crippen molar-refractivity contribution in [2.75, 3.05) is 19.8 Å². The summed E-state index contributed by atoms with van der Waals surface area (Å²) in [6, 6.07) is 0.889. The lowest BCUT2D eigenvalue weighted by atomic mass is 10.1. The highest BCUT2D eigenvalue weighted by Gasteiger charge is 2.39. The number of hydrogen-bond acceptors (Lipinski definition) is 6. The Hall–Kier alpha value is -0.0831. The van der Waals surface area contributed by atoms with Crippen molar-refractivity contribution >= 4 is 26.8 Å². The predicted octanol–water partition coefficient (Wildman–Crippen LogP) is 4.59. The van der Waals surface area contributed by atoms with Gasteiger partial charge in [0.15, 0.2) is 0 Å². The fraction of sp³-hybridized carbons (Fsp3) is 0.938. The van der Waals surface area contributed by atoms with Gasteiger partial charge in [-0.3, -0.25) is 4.79 Å². The van der Waals surface area contributed by atoms with E-state index in [1.165, 1.54) is 25.4 Å². The highest BCUT2D eigenvalue weighted by Crippen LogP contribution is 2.22. The van der Waals surface area contributed by atoms with E-state index in [4.69, 9.17) is 17.5 Å². The van der Waals surface area contributed by atoms with Gasteiger partial charge in [-0.1, -0.05) is 26.2 Å². The second-order valence-corrected chi connectivity index (χ2v) is 9.31. The quantitative estimate of drug-likeness (QED) is 0.240. The van der Waals surface area contributed by atoms with Gasteiger partial charge in [-0.25, -0.2) is 0 Å². The van der Waals surface area contributed by atoms with Gasteiger partial charge in [-0.05, 0) is 33.6 Å². The van der Waals surface area contributed by atoms with Crippen LogP contribution < -0.4 is 0 Å². The molecule has 138 valence electrons. The SMILES string of the molecule is CCO[Si](CCCCCCC(C)SOC(C)=O)(OCC)OCC. The van der Waals surface area contributed by atoms with Crippen molar-refractivity contribution in [3.05, 3.63) is 0 Å². The molecule has 0 aliphatic carbocycles. The Kier molecular flexibility index (Phi) is 14.2. The molecule has 0 heterocycles. The topological polar surface area (TPSA) is 54.0 Å². The van der Waals surface area contributed by atoms with Crippen LogP contribution in [0.4, 0.5) is 0 Å². The lowest BCUT2D eigenvalue weighted by molar-refractivity contribution is -0.130. The van der Waals surface area contributed by atoms with E-state index in [9.17, 15) is 4.79 Å². The molecule has 0 saturated heterocycles. The Morgan fingerprint density at radius 1 is 0.957 bits per heavy atom. The highest BCUT2D eigenvalue weighted by atomic mass is 32.2. The lowest BCUT2D eigenvalue weighted by Crippen LogP contribution is -2.45. The number of hydrogen-bond donors (Lipinski definition) is 0. The van der Waals surface area contributed by atoms with Crippen molar-refractivity contribution in [1.29, 1.82) is 0 Å². The zero-order valence-electron chi connectivity index (χ0n) is 15.4. The summed E-state index contributed by atoms with van der Waals surface area (Å²) >= 11 is 1.27. The summed E-state index contributed by atoms with van der Waals surface area (Å²) in [7, 11) is -2.46. The second-order valence-electron chi connectivity index (χ2n) is 5.42. The summed E-state index contributed by atoms with van der Waals surface area (Å²) < 4.78 is 22.5.